The second-order valence-corrected chi connectivity index (χ2v) is 4.96. The number of aliphatic hydroxyl groups is 1. The van der Waals surface area contributed by atoms with E-state index in [9.17, 15) is 5.11 Å². The van der Waals surface area contributed by atoms with Gasteiger partial charge in [-0.1, -0.05) is 19.8 Å². The highest BCUT2D eigenvalue weighted by atomic mass is 16.5. The Morgan fingerprint density at radius 1 is 1.41 bits per heavy atom. The molecule has 0 spiro atoms. The fraction of sp³-hybridized carbons (Fsp3) is 0.692. The molecule has 0 aliphatic heterocycles. The van der Waals surface area contributed by atoms with Crippen LogP contribution in [0.1, 0.15) is 44.4 Å². The first-order valence-corrected chi connectivity index (χ1v) is 6.24. The van der Waals surface area contributed by atoms with E-state index in [4.69, 9.17) is 4.74 Å². The molecule has 1 aromatic rings. The molecule has 1 aliphatic carbocycles. The fourth-order valence-corrected chi connectivity index (χ4v) is 2.64. The quantitative estimate of drug-likeness (QED) is 0.875. The van der Waals surface area contributed by atoms with Gasteiger partial charge in [0.15, 0.2) is 0 Å². The van der Waals surface area contributed by atoms with E-state index in [2.05, 4.69) is 16.9 Å². The Balaban J connectivity index is 2.09. The maximum Gasteiger partial charge on any atom is 0.216 e. The molecule has 1 aliphatic rings. The lowest BCUT2D eigenvalue weighted by Gasteiger charge is -2.30. The maximum absolute atomic E-state index is 10.3. The Morgan fingerprint density at radius 2 is 2.24 bits per heavy atom. The number of hydrogen-bond donors (Lipinski definition) is 1. The van der Waals surface area contributed by atoms with Gasteiger partial charge in [0.1, 0.15) is 6.33 Å². The zero-order chi connectivity index (χ0) is 12.3. The maximum atomic E-state index is 10.3. The van der Waals surface area contributed by atoms with Gasteiger partial charge in [-0.05, 0) is 24.7 Å². The molecule has 1 N–H and O–H groups in total. The first-order chi connectivity index (χ1) is 8.20. The summed E-state index contributed by atoms with van der Waals surface area (Å²) in [7, 11) is 1.57. The normalized spacial score (nSPS) is 26.5. The van der Waals surface area contributed by atoms with E-state index in [-0.39, 0.29) is 0 Å². The van der Waals surface area contributed by atoms with Gasteiger partial charge >= 0.3 is 0 Å². The third-order valence-electron chi connectivity index (χ3n) is 3.60. The van der Waals surface area contributed by atoms with Crippen LogP contribution in [0.15, 0.2) is 12.4 Å². The lowest BCUT2D eigenvalue weighted by Crippen LogP contribution is -2.21. The van der Waals surface area contributed by atoms with Crippen LogP contribution in [0.2, 0.25) is 0 Å². The molecule has 1 aromatic heterocycles. The SMILES string of the molecule is COc1cc(C(O)C2CCCC(C)C2)ncn1. The topological polar surface area (TPSA) is 55.2 Å². The number of aromatic nitrogens is 2. The second kappa shape index (κ2) is 5.45. The van der Waals surface area contributed by atoms with Crippen molar-refractivity contribution in [3.63, 3.8) is 0 Å². The summed E-state index contributed by atoms with van der Waals surface area (Å²) in [6.07, 6.45) is 5.59. The van der Waals surface area contributed by atoms with Crippen molar-refractivity contribution in [1.29, 1.82) is 0 Å². The highest BCUT2D eigenvalue weighted by Gasteiger charge is 2.27. The minimum absolute atomic E-state index is 0.318. The molecule has 4 nitrogen and oxygen atoms in total. The van der Waals surface area contributed by atoms with Crippen molar-refractivity contribution in [2.24, 2.45) is 11.8 Å². The summed E-state index contributed by atoms with van der Waals surface area (Å²) in [4.78, 5) is 8.10. The Bertz CT molecular complexity index is 370. The van der Waals surface area contributed by atoms with E-state index < -0.39 is 6.10 Å². The van der Waals surface area contributed by atoms with E-state index in [0.717, 1.165) is 12.8 Å². The van der Waals surface area contributed by atoms with Crippen molar-refractivity contribution in [2.75, 3.05) is 7.11 Å². The van der Waals surface area contributed by atoms with Gasteiger partial charge in [-0.15, -0.1) is 0 Å². The summed E-state index contributed by atoms with van der Waals surface area (Å²) >= 11 is 0. The molecule has 4 heteroatoms. The van der Waals surface area contributed by atoms with Crippen molar-refractivity contribution >= 4 is 0 Å². The van der Waals surface area contributed by atoms with Crippen LogP contribution in [-0.4, -0.2) is 22.2 Å². The second-order valence-electron chi connectivity index (χ2n) is 4.96. The Hall–Kier alpha value is -1.16. The van der Waals surface area contributed by atoms with Gasteiger partial charge in [0.25, 0.3) is 0 Å². The number of hydrogen-bond acceptors (Lipinski definition) is 4. The van der Waals surface area contributed by atoms with E-state index in [1.54, 1.807) is 13.2 Å². The summed E-state index contributed by atoms with van der Waals surface area (Å²) in [5.74, 6) is 1.53. The van der Waals surface area contributed by atoms with E-state index in [1.165, 1.54) is 19.2 Å². The molecule has 0 radical (unpaired) electrons. The molecule has 1 heterocycles. The molecule has 17 heavy (non-hydrogen) atoms. The van der Waals surface area contributed by atoms with Crippen molar-refractivity contribution in [3.05, 3.63) is 18.1 Å². The molecule has 0 bridgehead atoms. The zero-order valence-corrected chi connectivity index (χ0v) is 10.5. The molecule has 0 amide bonds. The molecule has 1 saturated carbocycles. The molecular weight excluding hydrogens is 216 g/mol. The van der Waals surface area contributed by atoms with Gasteiger partial charge in [-0.25, -0.2) is 9.97 Å². The van der Waals surface area contributed by atoms with E-state index in [0.29, 0.717) is 23.4 Å². The van der Waals surface area contributed by atoms with Crippen LogP contribution in [0.4, 0.5) is 0 Å². The molecule has 3 unspecified atom stereocenters. The fourth-order valence-electron chi connectivity index (χ4n) is 2.64. The number of rotatable bonds is 3. The first-order valence-electron chi connectivity index (χ1n) is 6.24. The monoisotopic (exact) mass is 236 g/mol. The van der Waals surface area contributed by atoms with E-state index in [1.807, 2.05) is 0 Å². The summed E-state index contributed by atoms with van der Waals surface area (Å²) in [5, 5.41) is 10.3. The van der Waals surface area contributed by atoms with Crippen molar-refractivity contribution < 1.29 is 9.84 Å². The van der Waals surface area contributed by atoms with Crippen LogP contribution < -0.4 is 4.74 Å². The predicted octanol–water partition coefficient (Wildman–Crippen LogP) is 2.34. The van der Waals surface area contributed by atoms with Gasteiger partial charge in [-0.2, -0.15) is 0 Å². The number of aliphatic hydroxyl groups excluding tert-OH is 1. The lowest BCUT2D eigenvalue weighted by molar-refractivity contribution is 0.0676. The molecule has 0 aromatic carbocycles. The molecule has 1 fully saturated rings. The average molecular weight is 236 g/mol. The van der Waals surface area contributed by atoms with Crippen molar-refractivity contribution in [1.82, 2.24) is 9.97 Å². The Kier molecular flexibility index (Phi) is 3.94. The summed E-state index contributed by atoms with van der Waals surface area (Å²) in [6.45, 7) is 2.25. The first kappa shape index (κ1) is 12.3. The van der Waals surface area contributed by atoms with Crippen LogP contribution in [0.25, 0.3) is 0 Å². The average Bonchev–Trinajstić information content (AvgIpc) is 2.38. The number of methoxy groups -OCH3 is 1. The molecular formula is C13H20N2O2. The highest BCUT2D eigenvalue weighted by Crippen LogP contribution is 2.36. The zero-order valence-electron chi connectivity index (χ0n) is 10.5. The smallest absolute Gasteiger partial charge is 0.216 e. The lowest BCUT2D eigenvalue weighted by atomic mass is 9.79. The Morgan fingerprint density at radius 3 is 2.94 bits per heavy atom. The largest absolute Gasteiger partial charge is 0.481 e. The van der Waals surface area contributed by atoms with Crippen LogP contribution in [0.3, 0.4) is 0 Å². The Labute approximate surface area is 102 Å². The molecule has 0 saturated heterocycles. The molecule has 2 rings (SSSR count). The minimum Gasteiger partial charge on any atom is -0.481 e. The van der Waals surface area contributed by atoms with Gasteiger partial charge in [0.05, 0.1) is 18.9 Å². The predicted molar refractivity (Wildman–Crippen MR) is 64.7 cm³/mol. The van der Waals surface area contributed by atoms with Crippen LogP contribution in [0, 0.1) is 11.8 Å². The highest BCUT2D eigenvalue weighted by molar-refractivity contribution is 5.16. The third-order valence-corrected chi connectivity index (χ3v) is 3.60. The standard InChI is InChI=1S/C13H20N2O2/c1-9-4-3-5-10(6-9)13(16)11-7-12(17-2)15-8-14-11/h7-10,13,16H,3-6H2,1-2H3. The van der Waals surface area contributed by atoms with Gasteiger partial charge < -0.3 is 9.84 Å². The van der Waals surface area contributed by atoms with Crippen molar-refractivity contribution in [3.8, 4) is 5.88 Å². The van der Waals surface area contributed by atoms with Gasteiger partial charge in [-0.3, -0.25) is 0 Å². The van der Waals surface area contributed by atoms with E-state index >= 15 is 0 Å². The number of nitrogens with zero attached hydrogens (tertiary/aromatic N) is 2. The van der Waals surface area contributed by atoms with Crippen LogP contribution in [-0.2, 0) is 0 Å². The van der Waals surface area contributed by atoms with Gasteiger partial charge in [0.2, 0.25) is 5.88 Å². The minimum atomic E-state index is -0.491. The summed E-state index contributed by atoms with van der Waals surface area (Å²) in [5.41, 5.74) is 0.677. The third kappa shape index (κ3) is 2.94. The summed E-state index contributed by atoms with van der Waals surface area (Å²) in [6, 6.07) is 1.73. The van der Waals surface area contributed by atoms with Crippen LogP contribution in [0.5, 0.6) is 5.88 Å². The van der Waals surface area contributed by atoms with Crippen molar-refractivity contribution in [2.45, 2.75) is 38.7 Å². The number of ether oxygens (including phenoxy) is 1. The molecule has 3 atom stereocenters. The summed E-state index contributed by atoms with van der Waals surface area (Å²) < 4.78 is 5.05. The van der Waals surface area contributed by atoms with Crippen LogP contribution >= 0.6 is 0 Å². The molecule has 94 valence electrons. The van der Waals surface area contributed by atoms with Gasteiger partial charge in [0, 0.05) is 6.07 Å².